The molecule has 1 N–H and O–H groups in total. The van der Waals surface area contributed by atoms with Crippen molar-refractivity contribution in [1.82, 2.24) is 24.3 Å². The first-order valence-electron chi connectivity index (χ1n) is 11.8. The number of ether oxygens (including phenoxy) is 2. The van der Waals surface area contributed by atoms with Crippen LogP contribution in [0.4, 0.5) is 5.69 Å². The van der Waals surface area contributed by atoms with E-state index in [9.17, 15) is 10.1 Å². The van der Waals surface area contributed by atoms with Crippen LogP contribution in [-0.2, 0) is 20.7 Å². The lowest BCUT2D eigenvalue weighted by molar-refractivity contribution is -0.115. The number of carbonyl (C=O) groups is 1. The number of amides is 1. The van der Waals surface area contributed by atoms with Gasteiger partial charge in [0.2, 0.25) is 5.91 Å². The number of pyridine rings is 1. The minimum atomic E-state index is -0.166. The van der Waals surface area contributed by atoms with Gasteiger partial charge in [0.25, 0.3) is 0 Å². The lowest BCUT2D eigenvalue weighted by Crippen LogP contribution is -2.30. The van der Waals surface area contributed by atoms with Gasteiger partial charge in [-0.2, -0.15) is 10.4 Å². The number of carbonyl (C=O) groups excluding carboxylic acids is 1. The van der Waals surface area contributed by atoms with Crippen molar-refractivity contribution >= 4 is 33.5 Å². The number of nitriles is 1. The molecule has 5 heterocycles. The molecule has 0 unspecified atom stereocenters. The lowest BCUT2D eigenvalue weighted by Gasteiger charge is -2.30. The molecule has 2 aliphatic heterocycles. The van der Waals surface area contributed by atoms with Gasteiger partial charge in [-0.15, -0.1) is 0 Å². The van der Waals surface area contributed by atoms with Crippen LogP contribution >= 0.6 is 0 Å². The second-order valence-electron chi connectivity index (χ2n) is 9.22. The average molecular weight is 472 g/mol. The Morgan fingerprint density at radius 1 is 1.26 bits per heavy atom. The van der Waals surface area contributed by atoms with Crippen molar-refractivity contribution < 1.29 is 14.3 Å². The Labute approximate surface area is 201 Å². The molecule has 1 amide bonds. The molecular weight excluding hydrogens is 446 g/mol. The van der Waals surface area contributed by atoms with E-state index >= 15 is 0 Å². The van der Waals surface area contributed by atoms with Crippen molar-refractivity contribution in [3.05, 3.63) is 48.2 Å². The van der Waals surface area contributed by atoms with Crippen LogP contribution in [0.15, 0.2) is 36.8 Å². The Bertz CT molecular complexity index is 1460. The van der Waals surface area contributed by atoms with Gasteiger partial charge >= 0.3 is 0 Å². The second-order valence-corrected chi connectivity index (χ2v) is 9.22. The molecule has 2 saturated heterocycles. The topological polar surface area (TPSA) is 120 Å². The third-order valence-electron chi connectivity index (χ3n) is 6.74. The molecule has 0 bridgehead atoms. The van der Waals surface area contributed by atoms with Crippen molar-refractivity contribution in [2.45, 2.75) is 44.4 Å². The number of hydrogen-bond donors (Lipinski definition) is 1. The summed E-state index contributed by atoms with van der Waals surface area (Å²) in [7, 11) is 0. The summed E-state index contributed by atoms with van der Waals surface area (Å²) >= 11 is 0. The average Bonchev–Trinajstić information content (AvgIpc) is 3.41. The Hall–Kier alpha value is -3.81. The molecule has 1 aromatic carbocycles. The van der Waals surface area contributed by atoms with Gasteiger partial charge in [0.1, 0.15) is 11.3 Å². The third-order valence-corrected chi connectivity index (χ3v) is 6.74. The van der Waals surface area contributed by atoms with Gasteiger partial charge in [0.15, 0.2) is 0 Å². The zero-order valence-corrected chi connectivity index (χ0v) is 19.3. The molecule has 35 heavy (non-hydrogen) atoms. The highest BCUT2D eigenvalue weighted by molar-refractivity contribution is 6.03. The number of nitrogens with zero attached hydrogens (tertiary/aromatic N) is 6. The Balaban J connectivity index is 1.38. The van der Waals surface area contributed by atoms with Gasteiger partial charge in [-0.05, 0) is 38.0 Å². The molecule has 4 aromatic rings. The summed E-state index contributed by atoms with van der Waals surface area (Å²) in [4.78, 5) is 22.5. The Morgan fingerprint density at radius 2 is 2.14 bits per heavy atom. The standard InChI is InChI=1S/C25H25N7O3/c1-15-6-18(4-5-35-15)32-23(8-24(33)29-17-10-28-31(12-17)19-13-34-14-19)30-22-11-27-21-3-2-16(9-26)7-20(21)25(22)32/h2-3,7,10-12,15,18-19H,4-6,8,13-14H2,1H3,(H,29,33)/t15-,18-/m1/s1. The quantitative estimate of drug-likeness (QED) is 0.475. The minimum absolute atomic E-state index is 0.108. The van der Waals surface area contributed by atoms with Crippen LogP contribution < -0.4 is 5.32 Å². The number of benzene rings is 1. The molecule has 3 aromatic heterocycles. The van der Waals surface area contributed by atoms with E-state index in [0.29, 0.717) is 42.4 Å². The normalized spacial score (nSPS) is 20.6. The largest absolute Gasteiger partial charge is 0.378 e. The van der Waals surface area contributed by atoms with E-state index in [1.165, 1.54) is 0 Å². The Kier molecular flexibility index (Phi) is 5.43. The van der Waals surface area contributed by atoms with Crippen LogP contribution in [0.5, 0.6) is 0 Å². The number of aromatic nitrogens is 5. The molecule has 2 fully saturated rings. The zero-order valence-electron chi connectivity index (χ0n) is 19.3. The molecule has 2 atom stereocenters. The van der Waals surface area contributed by atoms with Crippen molar-refractivity contribution in [1.29, 1.82) is 5.26 Å². The van der Waals surface area contributed by atoms with E-state index in [0.717, 1.165) is 29.3 Å². The van der Waals surface area contributed by atoms with E-state index in [2.05, 4.69) is 33.0 Å². The van der Waals surface area contributed by atoms with E-state index in [-0.39, 0.29) is 30.5 Å². The lowest BCUT2D eigenvalue weighted by atomic mass is 10.0. The predicted octanol–water partition coefficient (Wildman–Crippen LogP) is 3.15. The molecule has 0 aliphatic carbocycles. The smallest absolute Gasteiger partial charge is 0.232 e. The van der Waals surface area contributed by atoms with Crippen LogP contribution in [0, 0.1) is 11.3 Å². The van der Waals surface area contributed by atoms with Crippen LogP contribution in [0.2, 0.25) is 0 Å². The summed E-state index contributed by atoms with van der Waals surface area (Å²) in [5.74, 6) is 0.508. The van der Waals surface area contributed by atoms with Gasteiger partial charge in [0.05, 0.1) is 72.5 Å². The number of nitrogens with one attached hydrogen (secondary N) is 1. The first kappa shape index (κ1) is 21.7. The number of hydrogen-bond acceptors (Lipinski definition) is 7. The fraction of sp³-hybridized carbons (Fsp3) is 0.400. The van der Waals surface area contributed by atoms with E-state index in [1.54, 1.807) is 18.5 Å². The highest BCUT2D eigenvalue weighted by atomic mass is 16.5. The SMILES string of the molecule is C[C@@H]1C[C@H](n2c(CC(=O)Nc3cnn(C4COC4)c3)nc3cnc4ccc(C#N)cc4c32)CCO1. The fourth-order valence-electron chi connectivity index (χ4n) is 4.95. The van der Waals surface area contributed by atoms with Gasteiger partial charge in [0, 0.05) is 24.2 Å². The minimum Gasteiger partial charge on any atom is -0.378 e. The van der Waals surface area contributed by atoms with E-state index in [4.69, 9.17) is 14.5 Å². The summed E-state index contributed by atoms with van der Waals surface area (Å²) in [5.41, 5.74) is 3.63. The van der Waals surface area contributed by atoms with E-state index in [1.807, 2.05) is 23.0 Å². The highest BCUT2D eigenvalue weighted by Crippen LogP contribution is 2.34. The van der Waals surface area contributed by atoms with Crippen LogP contribution in [-0.4, -0.2) is 56.1 Å². The number of rotatable bonds is 5. The van der Waals surface area contributed by atoms with Crippen molar-refractivity contribution in [3.8, 4) is 6.07 Å². The van der Waals surface area contributed by atoms with Gasteiger partial charge < -0.3 is 19.4 Å². The maximum atomic E-state index is 13.1. The maximum absolute atomic E-state index is 13.1. The molecule has 2 aliphatic rings. The zero-order chi connectivity index (χ0) is 23.9. The molecule has 178 valence electrons. The summed E-state index contributed by atoms with van der Waals surface area (Å²) in [6.45, 7) is 3.99. The third kappa shape index (κ3) is 4.03. The highest BCUT2D eigenvalue weighted by Gasteiger charge is 2.27. The van der Waals surface area contributed by atoms with Crippen LogP contribution in [0.3, 0.4) is 0 Å². The molecule has 0 saturated carbocycles. The van der Waals surface area contributed by atoms with Crippen LogP contribution in [0.1, 0.15) is 43.2 Å². The molecule has 6 rings (SSSR count). The molecule has 10 heteroatoms. The first-order valence-corrected chi connectivity index (χ1v) is 11.8. The van der Waals surface area contributed by atoms with E-state index < -0.39 is 0 Å². The van der Waals surface area contributed by atoms with Crippen LogP contribution in [0.25, 0.3) is 21.9 Å². The molecule has 0 radical (unpaired) electrons. The van der Waals surface area contributed by atoms with Crippen molar-refractivity contribution in [2.75, 3.05) is 25.1 Å². The Morgan fingerprint density at radius 3 is 2.91 bits per heavy atom. The second kappa shape index (κ2) is 8.76. The molecular formula is C25H25N7O3. The van der Waals surface area contributed by atoms with Crippen molar-refractivity contribution in [2.24, 2.45) is 0 Å². The summed E-state index contributed by atoms with van der Waals surface area (Å²) in [6.07, 6.45) is 7.08. The first-order chi connectivity index (χ1) is 17.1. The van der Waals surface area contributed by atoms with Gasteiger partial charge in [-0.3, -0.25) is 14.5 Å². The van der Waals surface area contributed by atoms with Crippen molar-refractivity contribution in [3.63, 3.8) is 0 Å². The van der Waals surface area contributed by atoms with Gasteiger partial charge in [-0.1, -0.05) is 0 Å². The number of anilines is 1. The maximum Gasteiger partial charge on any atom is 0.232 e. The monoisotopic (exact) mass is 471 g/mol. The fourth-order valence-corrected chi connectivity index (χ4v) is 4.95. The molecule has 10 nitrogen and oxygen atoms in total. The summed E-state index contributed by atoms with van der Waals surface area (Å²) in [5, 5.41) is 17.6. The molecule has 0 spiro atoms. The summed E-state index contributed by atoms with van der Waals surface area (Å²) < 4.78 is 15.0. The summed E-state index contributed by atoms with van der Waals surface area (Å²) in [6, 6.07) is 8.05. The predicted molar refractivity (Wildman–Crippen MR) is 128 cm³/mol. The van der Waals surface area contributed by atoms with Gasteiger partial charge in [-0.25, -0.2) is 4.98 Å². The number of imidazole rings is 1. The number of fused-ring (bicyclic) bond motifs is 3.